The lowest BCUT2D eigenvalue weighted by atomic mass is 10.1. The van der Waals surface area contributed by atoms with Crippen LogP contribution >= 0.6 is 11.6 Å². The minimum Gasteiger partial charge on any atom is -0.494 e. The van der Waals surface area contributed by atoms with Crippen molar-refractivity contribution in [3.05, 3.63) is 58.6 Å². The number of carboxylic acid groups (broad SMARTS) is 1. The first kappa shape index (κ1) is 17.2. The Morgan fingerprint density at radius 3 is 2.61 bits per heavy atom. The Hall–Kier alpha value is -2.20. The standard InChI is InChI=1S/C18H20ClNO3/c1-13-4-9-17(16(12-13)18(21)22)20-10-2-3-11-23-15-7-5-14(19)6-8-15/h4-9,12,20H,2-3,10-11H2,1H3,(H,21,22). The molecule has 2 aromatic carbocycles. The third-order valence-corrected chi connectivity index (χ3v) is 3.63. The number of aromatic carboxylic acids is 1. The van der Waals surface area contributed by atoms with E-state index in [9.17, 15) is 9.90 Å². The molecule has 0 fully saturated rings. The molecule has 0 saturated carbocycles. The van der Waals surface area contributed by atoms with Gasteiger partial charge in [-0.3, -0.25) is 0 Å². The predicted octanol–water partition coefficient (Wildman–Crippen LogP) is 4.62. The molecule has 0 heterocycles. The number of rotatable bonds is 8. The molecule has 2 rings (SSSR count). The van der Waals surface area contributed by atoms with Gasteiger partial charge in [0.15, 0.2) is 0 Å². The van der Waals surface area contributed by atoms with Crippen LogP contribution in [0.25, 0.3) is 0 Å². The normalized spacial score (nSPS) is 10.3. The lowest BCUT2D eigenvalue weighted by molar-refractivity contribution is 0.0698. The summed E-state index contributed by atoms with van der Waals surface area (Å²) in [5, 5.41) is 13.1. The molecular weight excluding hydrogens is 314 g/mol. The largest absolute Gasteiger partial charge is 0.494 e. The fourth-order valence-electron chi connectivity index (χ4n) is 2.16. The number of carbonyl (C=O) groups is 1. The summed E-state index contributed by atoms with van der Waals surface area (Å²) in [5.41, 5.74) is 1.90. The molecule has 5 heteroatoms. The molecule has 0 aromatic heterocycles. The van der Waals surface area contributed by atoms with E-state index in [4.69, 9.17) is 16.3 Å². The summed E-state index contributed by atoms with van der Waals surface area (Å²) in [6.07, 6.45) is 1.77. The molecule has 2 aromatic rings. The van der Waals surface area contributed by atoms with Crippen molar-refractivity contribution >= 4 is 23.3 Å². The number of hydrogen-bond donors (Lipinski definition) is 2. The highest BCUT2D eigenvalue weighted by molar-refractivity contribution is 6.30. The molecule has 0 aliphatic rings. The highest BCUT2D eigenvalue weighted by Gasteiger charge is 2.09. The van der Waals surface area contributed by atoms with Crippen molar-refractivity contribution in [2.45, 2.75) is 19.8 Å². The van der Waals surface area contributed by atoms with Gasteiger partial charge in [-0.25, -0.2) is 4.79 Å². The third kappa shape index (κ3) is 5.49. The van der Waals surface area contributed by atoms with Gasteiger partial charge in [-0.05, 0) is 56.2 Å². The number of anilines is 1. The molecule has 122 valence electrons. The van der Waals surface area contributed by atoms with Crippen LogP contribution in [-0.2, 0) is 0 Å². The van der Waals surface area contributed by atoms with Gasteiger partial charge < -0.3 is 15.2 Å². The number of carboxylic acids is 1. The number of benzene rings is 2. The summed E-state index contributed by atoms with van der Waals surface area (Å²) >= 11 is 5.81. The molecule has 0 aliphatic carbocycles. The van der Waals surface area contributed by atoms with Crippen LogP contribution in [0, 0.1) is 6.92 Å². The molecule has 2 N–H and O–H groups in total. The summed E-state index contributed by atoms with van der Waals surface area (Å²) in [6, 6.07) is 12.7. The summed E-state index contributed by atoms with van der Waals surface area (Å²) in [4.78, 5) is 11.2. The van der Waals surface area contributed by atoms with Crippen molar-refractivity contribution in [1.82, 2.24) is 0 Å². The van der Waals surface area contributed by atoms with Crippen molar-refractivity contribution in [2.75, 3.05) is 18.5 Å². The topological polar surface area (TPSA) is 58.6 Å². The molecular formula is C18H20ClNO3. The highest BCUT2D eigenvalue weighted by atomic mass is 35.5. The van der Waals surface area contributed by atoms with Crippen LogP contribution in [0.4, 0.5) is 5.69 Å². The van der Waals surface area contributed by atoms with Crippen molar-refractivity contribution in [2.24, 2.45) is 0 Å². The van der Waals surface area contributed by atoms with Crippen LogP contribution in [0.3, 0.4) is 0 Å². The van der Waals surface area contributed by atoms with E-state index in [1.165, 1.54) is 0 Å². The van der Waals surface area contributed by atoms with E-state index in [-0.39, 0.29) is 0 Å². The van der Waals surface area contributed by atoms with Crippen molar-refractivity contribution in [3.63, 3.8) is 0 Å². The number of halogens is 1. The van der Waals surface area contributed by atoms with Crippen LogP contribution in [0.15, 0.2) is 42.5 Å². The van der Waals surface area contributed by atoms with E-state index >= 15 is 0 Å². The van der Waals surface area contributed by atoms with E-state index in [0.29, 0.717) is 29.4 Å². The van der Waals surface area contributed by atoms with Crippen LogP contribution < -0.4 is 10.1 Å². The Kier molecular flexibility index (Phi) is 6.29. The fourth-order valence-corrected chi connectivity index (χ4v) is 2.29. The van der Waals surface area contributed by atoms with Gasteiger partial charge in [0.25, 0.3) is 0 Å². The zero-order chi connectivity index (χ0) is 16.7. The maximum absolute atomic E-state index is 11.2. The summed E-state index contributed by atoms with van der Waals surface area (Å²) < 4.78 is 5.61. The first-order valence-electron chi connectivity index (χ1n) is 7.52. The van der Waals surface area contributed by atoms with E-state index in [0.717, 1.165) is 24.2 Å². The Morgan fingerprint density at radius 2 is 1.91 bits per heavy atom. The second-order valence-corrected chi connectivity index (χ2v) is 5.73. The number of unbranched alkanes of at least 4 members (excludes halogenated alkanes) is 1. The van der Waals surface area contributed by atoms with Crippen molar-refractivity contribution in [1.29, 1.82) is 0 Å². The zero-order valence-corrected chi connectivity index (χ0v) is 13.8. The monoisotopic (exact) mass is 333 g/mol. The molecule has 23 heavy (non-hydrogen) atoms. The minimum absolute atomic E-state index is 0.308. The van der Waals surface area contributed by atoms with Crippen LogP contribution in [-0.4, -0.2) is 24.2 Å². The smallest absolute Gasteiger partial charge is 0.337 e. The lowest BCUT2D eigenvalue weighted by Gasteiger charge is -2.11. The second kappa shape index (κ2) is 8.44. The SMILES string of the molecule is Cc1ccc(NCCCCOc2ccc(Cl)cc2)c(C(=O)O)c1. The lowest BCUT2D eigenvalue weighted by Crippen LogP contribution is -2.09. The molecule has 4 nitrogen and oxygen atoms in total. The summed E-state index contributed by atoms with van der Waals surface area (Å²) in [7, 11) is 0. The number of nitrogens with one attached hydrogen (secondary N) is 1. The van der Waals surface area contributed by atoms with Crippen LogP contribution in [0.5, 0.6) is 5.75 Å². The van der Waals surface area contributed by atoms with E-state index in [2.05, 4.69) is 5.32 Å². The molecule has 0 radical (unpaired) electrons. The molecule has 0 saturated heterocycles. The predicted molar refractivity (Wildman–Crippen MR) is 92.8 cm³/mol. The molecule has 0 aliphatic heterocycles. The number of aryl methyl sites for hydroxylation is 1. The van der Waals surface area contributed by atoms with E-state index in [1.807, 2.05) is 31.2 Å². The van der Waals surface area contributed by atoms with Gasteiger partial charge in [-0.15, -0.1) is 0 Å². The van der Waals surface area contributed by atoms with Crippen LogP contribution in [0.1, 0.15) is 28.8 Å². The first-order valence-corrected chi connectivity index (χ1v) is 7.90. The maximum Gasteiger partial charge on any atom is 0.337 e. The number of hydrogen-bond acceptors (Lipinski definition) is 3. The summed E-state index contributed by atoms with van der Waals surface area (Å²) in [5.74, 6) is -0.115. The zero-order valence-electron chi connectivity index (χ0n) is 13.0. The van der Waals surface area contributed by atoms with Gasteiger partial charge in [0.1, 0.15) is 5.75 Å². The average Bonchev–Trinajstić information content (AvgIpc) is 2.53. The maximum atomic E-state index is 11.2. The molecule has 0 unspecified atom stereocenters. The Labute approximate surface area is 141 Å². The van der Waals surface area contributed by atoms with Gasteiger partial charge >= 0.3 is 5.97 Å². The van der Waals surface area contributed by atoms with E-state index in [1.54, 1.807) is 18.2 Å². The van der Waals surface area contributed by atoms with Gasteiger partial charge in [0.05, 0.1) is 12.2 Å². The average molecular weight is 334 g/mol. The minimum atomic E-state index is -0.915. The summed E-state index contributed by atoms with van der Waals surface area (Å²) in [6.45, 7) is 3.20. The van der Waals surface area contributed by atoms with Crippen molar-refractivity contribution < 1.29 is 14.6 Å². The third-order valence-electron chi connectivity index (χ3n) is 3.37. The van der Waals surface area contributed by atoms with Gasteiger partial charge in [0, 0.05) is 17.3 Å². The van der Waals surface area contributed by atoms with Gasteiger partial charge in [-0.1, -0.05) is 23.2 Å². The van der Waals surface area contributed by atoms with Crippen molar-refractivity contribution in [3.8, 4) is 5.75 Å². The second-order valence-electron chi connectivity index (χ2n) is 5.29. The van der Waals surface area contributed by atoms with Gasteiger partial charge in [0.2, 0.25) is 0 Å². The molecule has 0 amide bonds. The Balaban J connectivity index is 1.71. The highest BCUT2D eigenvalue weighted by Crippen LogP contribution is 2.18. The Morgan fingerprint density at radius 1 is 1.17 bits per heavy atom. The first-order chi connectivity index (χ1) is 11.1. The van der Waals surface area contributed by atoms with Gasteiger partial charge in [-0.2, -0.15) is 0 Å². The number of ether oxygens (including phenoxy) is 1. The van der Waals surface area contributed by atoms with E-state index < -0.39 is 5.97 Å². The fraction of sp³-hybridized carbons (Fsp3) is 0.278. The Bertz CT molecular complexity index is 656. The molecule has 0 spiro atoms. The molecule has 0 atom stereocenters. The molecule has 0 bridgehead atoms. The quantitative estimate of drug-likeness (QED) is 0.692. The van der Waals surface area contributed by atoms with Crippen LogP contribution in [0.2, 0.25) is 5.02 Å².